The zero-order valence-electron chi connectivity index (χ0n) is 15.2. The van der Waals surface area contributed by atoms with Gasteiger partial charge in [-0.15, -0.1) is 0 Å². The third-order valence-corrected chi connectivity index (χ3v) is 5.01. The highest BCUT2D eigenvalue weighted by Crippen LogP contribution is 2.32. The lowest BCUT2D eigenvalue weighted by Crippen LogP contribution is -2.38. The van der Waals surface area contributed by atoms with Crippen molar-refractivity contribution in [3.05, 3.63) is 70.0 Å². The zero-order chi connectivity index (χ0) is 21.2. The van der Waals surface area contributed by atoms with Gasteiger partial charge in [0, 0.05) is 26.2 Å². The molecule has 2 aromatic rings. The molecular weight excluding hydrogens is 412 g/mol. The highest BCUT2D eigenvalue weighted by molar-refractivity contribution is 6.33. The fourth-order valence-corrected chi connectivity index (χ4v) is 3.49. The Bertz CT molecular complexity index is 933. The molecule has 0 bridgehead atoms. The minimum Gasteiger partial charge on any atom is -0.337 e. The van der Waals surface area contributed by atoms with Crippen LogP contribution in [-0.2, 0) is 6.18 Å². The van der Waals surface area contributed by atoms with Crippen LogP contribution in [0.5, 0.6) is 0 Å². The summed E-state index contributed by atoms with van der Waals surface area (Å²) in [4.78, 5) is 28.2. The van der Waals surface area contributed by atoms with Crippen molar-refractivity contribution in [1.29, 1.82) is 0 Å². The third-order valence-electron chi connectivity index (χ3n) is 4.69. The van der Waals surface area contributed by atoms with Crippen LogP contribution in [0.2, 0.25) is 5.02 Å². The van der Waals surface area contributed by atoms with Crippen molar-refractivity contribution in [1.82, 2.24) is 9.80 Å². The number of rotatable bonds is 2. The molecule has 0 N–H and O–H groups in total. The van der Waals surface area contributed by atoms with E-state index in [1.54, 1.807) is 0 Å². The van der Waals surface area contributed by atoms with E-state index in [1.807, 2.05) is 0 Å². The number of alkyl halides is 3. The molecule has 9 heteroatoms. The number of carbonyl (C=O) groups is 2. The monoisotopic (exact) mass is 428 g/mol. The second-order valence-corrected chi connectivity index (χ2v) is 7.01. The highest BCUT2D eigenvalue weighted by Gasteiger charge is 2.36. The second-order valence-electron chi connectivity index (χ2n) is 6.61. The van der Waals surface area contributed by atoms with Gasteiger partial charge in [-0.05, 0) is 36.8 Å². The number of benzene rings is 2. The van der Waals surface area contributed by atoms with Crippen molar-refractivity contribution in [2.45, 2.75) is 12.6 Å². The van der Waals surface area contributed by atoms with E-state index in [9.17, 15) is 27.2 Å². The maximum absolute atomic E-state index is 13.2. The SMILES string of the molecule is O=C(c1ccc(F)cc1Cl)N1CCCN(C(=O)c2ccccc2C(F)(F)F)CC1. The number of hydrogen-bond acceptors (Lipinski definition) is 2. The minimum absolute atomic E-state index is 0.0220. The average molecular weight is 429 g/mol. The van der Waals surface area contributed by atoms with Crippen LogP contribution in [0.4, 0.5) is 17.6 Å². The molecule has 0 spiro atoms. The van der Waals surface area contributed by atoms with Gasteiger partial charge in [0.2, 0.25) is 0 Å². The number of nitrogens with zero attached hydrogens (tertiary/aromatic N) is 2. The Morgan fingerprint density at radius 2 is 1.45 bits per heavy atom. The molecule has 2 aromatic carbocycles. The summed E-state index contributed by atoms with van der Waals surface area (Å²) in [6, 6.07) is 8.08. The first-order chi connectivity index (χ1) is 13.7. The van der Waals surface area contributed by atoms with E-state index in [0.29, 0.717) is 13.0 Å². The van der Waals surface area contributed by atoms with E-state index in [2.05, 4.69) is 0 Å². The average Bonchev–Trinajstić information content (AvgIpc) is 2.92. The van der Waals surface area contributed by atoms with Crippen LogP contribution in [0.1, 0.15) is 32.7 Å². The lowest BCUT2D eigenvalue weighted by atomic mass is 10.1. The van der Waals surface area contributed by atoms with Gasteiger partial charge in [-0.2, -0.15) is 13.2 Å². The van der Waals surface area contributed by atoms with Gasteiger partial charge in [0.15, 0.2) is 0 Å². The van der Waals surface area contributed by atoms with Gasteiger partial charge in [0.25, 0.3) is 11.8 Å². The van der Waals surface area contributed by atoms with Crippen LogP contribution < -0.4 is 0 Å². The van der Waals surface area contributed by atoms with Gasteiger partial charge in [-0.25, -0.2) is 4.39 Å². The van der Waals surface area contributed by atoms with Gasteiger partial charge in [0.1, 0.15) is 5.82 Å². The molecule has 0 atom stereocenters. The lowest BCUT2D eigenvalue weighted by molar-refractivity contribution is -0.138. The van der Waals surface area contributed by atoms with Crippen LogP contribution in [-0.4, -0.2) is 47.8 Å². The topological polar surface area (TPSA) is 40.6 Å². The van der Waals surface area contributed by atoms with Crippen molar-refractivity contribution in [3.8, 4) is 0 Å². The molecule has 1 aliphatic heterocycles. The van der Waals surface area contributed by atoms with Crippen molar-refractivity contribution in [2.24, 2.45) is 0 Å². The molecular formula is C20H17ClF4N2O2. The normalized spacial score (nSPS) is 15.2. The molecule has 2 amide bonds. The second kappa shape index (κ2) is 8.41. The van der Waals surface area contributed by atoms with Crippen LogP contribution in [0.3, 0.4) is 0 Å². The van der Waals surface area contributed by atoms with Crippen LogP contribution in [0.15, 0.2) is 42.5 Å². The zero-order valence-corrected chi connectivity index (χ0v) is 15.9. The fraction of sp³-hybridized carbons (Fsp3) is 0.300. The van der Waals surface area contributed by atoms with Crippen molar-refractivity contribution < 1.29 is 27.2 Å². The quantitative estimate of drug-likeness (QED) is 0.661. The molecule has 154 valence electrons. The third kappa shape index (κ3) is 4.70. The highest BCUT2D eigenvalue weighted by atomic mass is 35.5. The largest absolute Gasteiger partial charge is 0.417 e. The smallest absolute Gasteiger partial charge is 0.337 e. The standard InChI is InChI=1S/C20H17ClF4N2O2/c21-17-12-13(22)6-7-15(17)19(29)27-9-3-8-26(10-11-27)18(28)14-4-1-2-5-16(14)20(23,24)25/h1-2,4-7,12H,3,8-11H2. The summed E-state index contributed by atoms with van der Waals surface area (Å²) in [5, 5.41) is -0.0220. The molecule has 1 fully saturated rings. The summed E-state index contributed by atoms with van der Waals surface area (Å²) >= 11 is 5.95. The van der Waals surface area contributed by atoms with Crippen LogP contribution >= 0.6 is 11.6 Å². The molecule has 0 aliphatic carbocycles. The number of amides is 2. The molecule has 0 saturated carbocycles. The van der Waals surface area contributed by atoms with Gasteiger partial charge >= 0.3 is 6.18 Å². The molecule has 1 aliphatic rings. The Hall–Kier alpha value is -2.61. The molecule has 1 heterocycles. The summed E-state index contributed by atoms with van der Waals surface area (Å²) in [5.74, 6) is -1.71. The van der Waals surface area contributed by atoms with E-state index >= 15 is 0 Å². The Labute approximate surface area is 169 Å². The van der Waals surface area contributed by atoms with Crippen molar-refractivity contribution >= 4 is 23.4 Å². The van der Waals surface area contributed by atoms with Crippen LogP contribution in [0, 0.1) is 5.82 Å². The first kappa shape index (κ1) is 21.1. The summed E-state index contributed by atoms with van der Waals surface area (Å²) in [6.45, 7) is 0.727. The minimum atomic E-state index is -4.64. The summed E-state index contributed by atoms with van der Waals surface area (Å²) in [7, 11) is 0. The molecule has 4 nitrogen and oxygen atoms in total. The first-order valence-corrected chi connectivity index (χ1v) is 9.26. The molecule has 0 radical (unpaired) electrons. The Morgan fingerprint density at radius 1 is 0.862 bits per heavy atom. The van der Waals surface area contributed by atoms with E-state index in [1.165, 1.54) is 28.0 Å². The van der Waals surface area contributed by atoms with Gasteiger partial charge in [-0.3, -0.25) is 9.59 Å². The lowest BCUT2D eigenvalue weighted by Gasteiger charge is -2.23. The van der Waals surface area contributed by atoms with E-state index < -0.39 is 34.9 Å². The molecule has 0 unspecified atom stereocenters. The molecule has 1 saturated heterocycles. The Kier molecular flexibility index (Phi) is 6.12. The fourth-order valence-electron chi connectivity index (χ4n) is 3.24. The van der Waals surface area contributed by atoms with E-state index in [4.69, 9.17) is 11.6 Å². The van der Waals surface area contributed by atoms with Crippen molar-refractivity contribution in [3.63, 3.8) is 0 Å². The van der Waals surface area contributed by atoms with E-state index in [0.717, 1.165) is 24.3 Å². The first-order valence-electron chi connectivity index (χ1n) is 8.88. The van der Waals surface area contributed by atoms with E-state index in [-0.39, 0.29) is 30.2 Å². The summed E-state index contributed by atoms with van der Waals surface area (Å²) in [5.41, 5.74) is -1.27. The van der Waals surface area contributed by atoms with Crippen LogP contribution in [0.25, 0.3) is 0 Å². The van der Waals surface area contributed by atoms with Gasteiger partial charge in [-0.1, -0.05) is 23.7 Å². The Morgan fingerprint density at radius 3 is 2.03 bits per heavy atom. The number of halogens is 5. The predicted molar refractivity (Wildman–Crippen MR) is 99.3 cm³/mol. The summed E-state index contributed by atoms with van der Waals surface area (Å²) < 4.78 is 52.8. The maximum Gasteiger partial charge on any atom is 0.417 e. The van der Waals surface area contributed by atoms with Crippen molar-refractivity contribution in [2.75, 3.05) is 26.2 Å². The molecule has 0 aromatic heterocycles. The summed E-state index contributed by atoms with van der Waals surface area (Å²) in [6.07, 6.45) is -4.25. The predicted octanol–water partition coefficient (Wildman–Crippen LogP) is 4.49. The maximum atomic E-state index is 13.2. The number of carbonyl (C=O) groups excluding carboxylic acids is 2. The van der Waals surface area contributed by atoms with Gasteiger partial charge < -0.3 is 9.80 Å². The van der Waals surface area contributed by atoms with Gasteiger partial charge in [0.05, 0.1) is 21.7 Å². The molecule has 3 rings (SSSR count). The number of hydrogen-bond donors (Lipinski definition) is 0. The Balaban J connectivity index is 1.75. The molecule has 29 heavy (non-hydrogen) atoms.